The number of imidazole rings is 4. The van der Waals surface area contributed by atoms with Crippen molar-refractivity contribution in [3.8, 4) is 0 Å². The third-order valence-electron chi connectivity index (χ3n) is 21.6. The van der Waals surface area contributed by atoms with Crippen LogP contribution in [0.5, 0.6) is 0 Å². The number of anilines is 4. The number of hydrogen-bond donors (Lipinski definition) is 8. The number of nitrogens with one attached hydrogen (secondary N) is 3. The summed E-state index contributed by atoms with van der Waals surface area (Å²) in [5.41, 5.74) is 16.9. The van der Waals surface area contributed by atoms with Crippen LogP contribution in [0, 0.1) is 6.92 Å². The smallest absolute Gasteiger partial charge is 0.330 e. The second kappa shape index (κ2) is 34.9. The molecule has 7 aliphatic heterocycles. The van der Waals surface area contributed by atoms with Crippen molar-refractivity contribution in [1.82, 2.24) is 87.6 Å². The number of nitrogens with two attached hydrogens (primary N) is 4. The summed E-state index contributed by atoms with van der Waals surface area (Å²) in [6, 6.07) is 0. The number of aryl methyl sites for hydroxylation is 1. The van der Waals surface area contributed by atoms with Crippen LogP contribution in [0.4, 0.5) is 23.5 Å². The molecule has 54 nitrogen and oxygen atoms in total. The first-order chi connectivity index (χ1) is 58.5. The van der Waals surface area contributed by atoms with Crippen molar-refractivity contribution >= 4 is 121 Å². The molecule has 0 amide bonds. The van der Waals surface area contributed by atoms with Crippen molar-refractivity contribution in [3.05, 3.63) is 91.3 Å². The van der Waals surface area contributed by atoms with E-state index in [4.69, 9.17) is 145 Å². The monoisotopic (exact) mass is 1840 g/mol. The number of rotatable bonds is 37. The van der Waals surface area contributed by atoms with Crippen molar-refractivity contribution in [2.75, 3.05) is 110 Å². The highest BCUT2D eigenvalue weighted by atomic mass is 32.7. The van der Waals surface area contributed by atoms with Gasteiger partial charge in [0, 0.05) is 33.1 Å². The van der Waals surface area contributed by atoms with Crippen molar-refractivity contribution in [2.45, 2.75) is 162 Å². The van der Waals surface area contributed by atoms with Crippen LogP contribution in [0.2, 0.25) is 0 Å². The minimum atomic E-state index is -6.04. The lowest BCUT2D eigenvalue weighted by atomic mass is 9.94. The Morgan fingerprint density at radius 3 is 1.54 bits per heavy atom. The van der Waals surface area contributed by atoms with Gasteiger partial charge in [-0.15, -0.1) is 0 Å². The van der Waals surface area contributed by atoms with E-state index >= 15 is 14.4 Å². The molecule has 9 aromatic rings. The highest BCUT2D eigenvalue weighted by Crippen LogP contribution is 2.61. The van der Waals surface area contributed by atoms with E-state index in [0.29, 0.717) is 0 Å². The molecule has 4 bridgehead atoms. The molecule has 16 heterocycles. The standard InChI is InChI=1S/C63H84N22O32P4S2/c1-25-14-81(61(90)80-51(25)87)54-38(100-11-8-97-5)35(86)28(109-54)15-104-120(95,122)115-37-30(111-55(39(37)101-12-9-98-6)82-21-72-31-45(64)68-19-70-47(31)82)17-105-121(96,123)114-36-29(110-56(40(36)102-13-10-99-7)84-23-74-33-49(84)76-59(66)78-52(33)88)16-103-118(91,92)117-44-42-58(85-24-75-34-50(85)77-60(67)79-53(34)89)113-63(44,27(3)108-42)18-106-119(93,94)116-43-41-57(112-62(43,4)26(2)107-41)83-22-73-32-46(65)69-20-71-48(32)83/h14,19-24,26-30,35-44,54-58,86H,8-13,15-18H2,1-7H3,(H,91,92)(H,93,94)(H,95,122)(H,96,123)(H2,64,68,70)(H2,65,69,71)(H,80,87,90)(H3,66,76,78,88)(H3,67,77,79,89)/p-4/t26-,27-,28+,29+,30+,35?,36?,37?,38-,39-,40-,41-,42-,43?,44?,54+,55+,56+,57+,58+,62-,63-,120?,121?/m0/s1. The van der Waals surface area contributed by atoms with Crippen LogP contribution in [-0.4, -0.2) is 283 Å². The summed E-state index contributed by atoms with van der Waals surface area (Å²) in [5, 5.41) is 11.7. The van der Waals surface area contributed by atoms with Gasteiger partial charge < -0.3 is 153 Å². The van der Waals surface area contributed by atoms with Crippen molar-refractivity contribution in [3.63, 3.8) is 0 Å². The van der Waals surface area contributed by atoms with Gasteiger partial charge in [-0.25, -0.2) is 44.7 Å². The first-order valence-electron chi connectivity index (χ1n) is 37.4. The van der Waals surface area contributed by atoms with Crippen molar-refractivity contribution < 1.29 is 131 Å². The van der Waals surface area contributed by atoms with Crippen LogP contribution in [-0.2, 0) is 136 Å². The molecule has 0 spiro atoms. The van der Waals surface area contributed by atoms with Crippen LogP contribution < -0.4 is 60.0 Å². The van der Waals surface area contributed by atoms with E-state index in [0.717, 1.165) is 32.7 Å². The van der Waals surface area contributed by atoms with E-state index in [1.165, 1.54) is 69.5 Å². The van der Waals surface area contributed by atoms with Gasteiger partial charge in [0.15, 0.2) is 83.2 Å². The number of nitrogens with zero attached hydrogens (tertiary/aromatic N) is 15. The topological polar surface area (TPSA) is 708 Å². The average Bonchev–Trinajstić information content (AvgIpc) is 1.54. The number of fused-ring (bicyclic) bond motifs is 8. The van der Waals surface area contributed by atoms with E-state index in [1.54, 1.807) is 13.8 Å². The van der Waals surface area contributed by atoms with Gasteiger partial charge in [0.25, 0.3) is 32.3 Å². The molecular formula is C63H80N22O32P4S2-4. The molecule has 0 aliphatic carbocycles. The van der Waals surface area contributed by atoms with Crippen LogP contribution in [0.1, 0.15) is 57.5 Å². The molecule has 123 heavy (non-hydrogen) atoms. The number of phosphoric acid groups is 2. The highest BCUT2D eigenvalue weighted by Gasteiger charge is 2.70. The molecule has 26 atom stereocenters. The molecule has 12 N–H and O–H groups in total. The first kappa shape index (κ1) is 88.8. The number of ether oxygens (including phenoxy) is 13. The number of phosphoric ester groups is 2. The molecule has 9 aromatic heterocycles. The molecule has 7 aliphatic rings. The molecule has 0 saturated carbocycles. The number of aromatic amines is 3. The number of methoxy groups -OCH3 is 3. The zero-order chi connectivity index (χ0) is 87.3. The Balaban J connectivity index is 0.689. The minimum Gasteiger partial charge on any atom is -0.780 e. The minimum absolute atomic E-state index is 0.0281. The molecular weight excluding hydrogens is 1760 g/mol. The maximum absolute atomic E-state index is 15.5. The Hall–Kier alpha value is -7.63. The Kier molecular flexibility index (Phi) is 25.2. The third-order valence-corrected chi connectivity index (χ3v) is 26.6. The summed E-state index contributed by atoms with van der Waals surface area (Å²) in [6.45, 7) is -9.37. The fraction of sp³-hybridized carbons (Fsp3) is 0.619. The second-order valence-corrected chi connectivity index (χ2v) is 37.3. The molecule has 0 radical (unpaired) electrons. The normalized spacial score (nSPS) is 32.5. The summed E-state index contributed by atoms with van der Waals surface area (Å²) in [5.74, 6) is -0.803. The predicted molar refractivity (Wildman–Crippen MR) is 411 cm³/mol. The van der Waals surface area contributed by atoms with Crippen LogP contribution >= 0.6 is 29.2 Å². The summed E-state index contributed by atoms with van der Waals surface area (Å²) < 4.78 is 178. The highest BCUT2D eigenvalue weighted by molar-refractivity contribution is 8.32. The molecule has 670 valence electrons. The average molecular weight is 1850 g/mol. The fourth-order valence-electron chi connectivity index (χ4n) is 15.6. The van der Waals surface area contributed by atoms with E-state index < -0.39 is 218 Å². The Morgan fingerprint density at radius 2 is 0.976 bits per heavy atom. The number of H-pyrrole nitrogens is 3. The Labute approximate surface area is 700 Å². The number of hydrogen-bond acceptors (Lipinski definition) is 48. The van der Waals surface area contributed by atoms with Crippen molar-refractivity contribution in [1.29, 1.82) is 0 Å². The lowest BCUT2D eigenvalue weighted by Crippen LogP contribution is -2.51. The van der Waals surface area contributed by atoms with Gasteiger partial charge in [0.1, 0.15) is 121 Å². The SMILES string of the molecule is COCCO[C@H]1C(O)[C@@H](COP(=O)([S-])OC2[C@@H](COP([O-])(=S)OC3[C@@H](COP(=O)([O-])OC4[C@@H]5O[C@@H](C)[C@]4(COP(=O)([O-])OC4[C@@H]6O[C@@H](C)[C@]4(C)O[C@H]6n4cnc6c(N)ncnc64)O[C@H]5n4cnc5c(=O)[nH]c(N)nc54)O[C@@H](n4cnc5c(=O)[nH]c(N)nc54)[C@H]3OCCOC)O[C@@H](n3cnc4c(N)ncnc43)[C@H]2OCCOC)O[C@H]1n1cc(C)c(=O)[nH]c1=O. The maximum atomic E-state index is 15.5. The molecule has 0 aromatic carbocycles. The number of aromatic nitrogens is 18. The number of aliphatic hydroxyl groups is 1. The largest absolute Gasteiger partial charge is 0.780 e. The van der Waals surface area contributed by atoms with Gasteiger partial charge >= 0.3 is 5.69 Å². The summed E-state index contributed by atoms with van der Waals surface area (Å²) in [7, 11) is -7.63. The van der Waals surface area contributed by atoms with Crippen LogP contribution in [0.25, 0.3) is 44.7 Å². The van der Waals surface area contributed by atoms with Crippen LogP contribution in [0.3, 0.4) is 0 Å². The van der Waals surface area contributed by atoms with Gasteiger partial charge in [-0.05, 0) is 27.7 Å². The molecule has 16 rings (SSSR count). The van der Waals surface area contributed by atoms with E-state index in [9.17, 15) is 38.3 Å². The zero-order valence-corrected chi connectivity index (χ0v) is 70.6. The first-order valence-corrected chi connectivity index (χ1v) is 45.4. The number of nitrogen functional groups attached to an aromatic ring is 4. The Morgan fingerprint density at radius 1 is 0.520 bits per heavy atom. The van der Waals surface area contributed by atoms with Gasteiger partial charge in [-0.3, -0.25) is 65.9 Å². The molecule has 60 heteroatoms. The maximum Gasteiger partial charge on any atom is 0.330 e. The fourth-order valence-corrected chi connectivity index (χ4v) is 20.5. The summed E-state index contributed by atoms with van der Waals surface area (Å²) >= 11 is 11.3. The van der Waals surface area contributed by atoms with Crippen LogP contribution in [0.15, 0.2) is 63.3 Å². The lowest BCUT2D eigenvalue weighted by Gasteiger charge is -2.39. The van der Waals surface area contributed by atoms with E-state index in [2.05, 4.69) is 64.8 Å². The molecule has 7 fully saturated rings. The van der Waals surface area contributed by atoms with E-state index in [-0.39, 0.29) is 107 Å². The predicted octanol–water partition coefficient (Wildman–Crippen LogP) is -3.82. The second-order valence-electron chi connectivity index (χ2n) is 29.1. The quantitative estimate of drug-likeness (QED) is 0.0105. The lowest BCUT2D eigenvalue weighted by molar-refractivity contribution is -0.253. The van der Waals surface area contributed by atoms with Crippen molar-refractivity contribution in [2.24, 2.45) is 0 Å². The van der Waals surface area contributed by atoms with Gasteiger partial charge in [-0.2, -0.15) is 9.97 Å². The molecule has 7 saturated heterocycles. The number of aliphatic hydroxyl groups excluding tert-OH is 1. The van der Waals surface area contributed by atoms with Gasteiger partial charge in [-0.1, -0.05) is 11.8 Å². The Bertz CT molecular complexity index is 5890. The van der Waals surface area contributed by atoms with Gasteiger partial charge in [0.05, 0.1) is 104 Å². The molecule has 9 unspecified atom stereocenters. The van der Waals surface area contributed by atoms with E-state index in [1.807, 2.05) is 0 Å². The van der Waals surface area contributed by atoms with Gasteiger partial charge in [0.2, 0.25) is 11.9 Å². The third kappa shape index (κ3) is 17.1. The zero-order valence-electron chi connectivity index (χ0n) is 65.4. The summed E-state index contributed by atoms with van der Waals surface area (Å²) in [4.78, 5) is 146. The summed E-state index contributed by atoms with van der Waals surface area (Å²) in [6.07, 6.45) is -22.2.